The first-order valence-corrected chi connectivity index (χ1v) is 16.9. The van der Waals surface area contributed by atoms with Crippen LogP contribution in [0.4, 0.5) is 5.82 Å². The number of aryl methyl sites for hydroxylation is 1. The lowest BCUT2D eigenvalue weighted by atomic mass is 9.96. The smallest absolute Gasteiger partial charge is 0.256 e. The molecule has 3 aromatic rings. The Hall–Kier alpha value is -3.14. The fourth-order valence-corrected chi connectivity index (χ4v) is 7.67. The van der Waals surface area contributed by atoms with Gasteiger partial charge in [0.2, 0.25) is 5.82 Å². The van der Waals surface area contributed by atoms with E-state index in [9.17, 15) is 9.35 Å². The molecule has 3 aliphatic rings. The first kappa shape index (κ1) is 29.9. The maximum atomic E-state index is 13.8. The predicted molar refractivity (Wildman–Crippen MR) is 171 cm³/mol. The fraction of sp³-hybridized carbons (Fsp3) is 0.500. The molecular formula is C34H43N5O3S. The number of hydrogen-bond donors (Lipinski definition) is 1. The maximum absolute atomic E-state index is 13.8. The van der Waals surface area contributed by atoms with Gasteiger partial charge in [-0.25, -0.2) is 0 Å². The van der Waals surface area contributed by atoms with Crippen LogP contribution in [0.15, 0.2) is 56.9 Å². The number of unbranched alkanes of at least 4 members (excludes halogenated alkanes) is 1. The number of anilines is 1. The Labute approximate surface area is 258 Å². The molecule has 1 atom stereocenters. The summed E-state index contributed by atoms with van der Waals surface area (Å²) < 4.78 is 22.4. The molecule has 1 spiro atoms. The average Bonchev–Trinajstić information content (AvgIpc) is 3.50. The molecule has 228 valence electrons. The van der Waals surface area contributed by atoms with Crippen molar-refractivity contribution in [2.24, 2.45) is 4.99 Å². The minimum absolute atomic E-state index is 0.176. The fourth-order valence-electron chi connectivity index (χ4n) is 6.66. The first-order chi connectivity index (χ1) is 20.8. The molecule has 8 nitrogen and oxygen atoms in total. The highest BCUT2D eigenvalue weighted by Gasteiger charge is 2.49. The lowest BCUT2D eigenvalue weighted by Gasteiger charge is -2.24. The summed E-state index contributed by atoms with van der Waals surface area (Å²) in [6, 6.07) is 14.3. The standard InChI is InChI=1S/C34H43N5O3S/c1-5-6-13-30-35-34(18-9-10-19-34)33(40)39(30)21-24-14-17-27(26(20-24)22-38(3)4)28-11-7-8-12-29(28)43(41)37-32-31(25-15-16-25)23(2)42-36-32/h7-8,11-12,14,17,20,25H,5-6,9-10,13,15-16,18-19,21-22H2,1-4H3,(H,36,37). The molecule has 2 heterocycles. The summed E-state index contributed by atoms with van der Waals surface area (Å²) >= 11 is -1.53. The zero-order chi connectivity index (χ0) is 30.1. The highest BCUT2D eigenvalue weighted by atomic mass is 32.2. The van der Waals surface area contributed by atoms with Gasteiger partial charge in [-0.2, -0.15) is 4.72 Å². The van der Waals surface area contributed by atoms with E-state index in [2.05, 4.69) is 54.0 Å². The number of benzene rings is 2. The topological polar surface area (TPSA) is 97.0 Å². The van der Waals surface area contributed by atoms with Crippen LogP contribution in [0.1, 0.15) is 93.1 Å². The molecule has 1 aliphatic heterocycles. The molecule has 2 aliphatic carbocycles. The second kappa shape index (κ2) is 12.5. The number of rotatable bonds is 12. The van der Waals surface area contributed by atoms with Crippen LogP contribution in [0.3, 0.4) is 0 Å². The summed E-state index contributed by atoms with van der Waals surface area (Å²) in [6.45, 7) is 5.33. The van der Waals surface area contributed by atoms with Crippen LogP contribution in [0.2, 0.25) is 0 Å². The molecule has 1 aromatic heterocycles. The average molecular weight is 602 g/mol. The minimum Gasteiger partial charge on any atom is -0.588 e. The molecule has 0 radical (unpaired) electrons. The lowest BCUT2D eigenvalue weighted by Crippen LogP contribution is -2.40. The third-order valence-electron chi connectivity index (χ3n) is 8.94. The molecule has 2 aromatic carbocycles. The van der Waals surface area contributed by atoms with Gasteiger partial charge < -0.3 is 14.0 Å². The summed E-state index contributed by atoms with van der Waals surface area (Å²) in [7, 11) is 4.11. The summed E-state index contributed by atoms with van der Waals surface area (Å²) in [6.07, 6.45) is 9.02. The van der Waals surface area contributed by atoms with Crippen molar-refractivity contribution in [2.75, 3.05) is 18.8 Å². The summed E-state index contributed by atoms with van der Waals surface area (Å²) in [4.78, 5) is 23.6. The van der Waals surface area contributed by atoms with Crippen LogP contribution >= 0.6 is 0 Å². The van der Waals surface area contributed by atoms with Crippen molar-refractivity contribution in [1.82, 2.24) is 15.0 Å². The van der Waals surface area contributed by atoms with Gasteiger partial charge in [0.15, 0.2) is 4.90 Å². The van der Waals surface area contributed by atoms with Gasteiger partial charge in [0.05, 0.1) is 6.54 Å². The first-order valence-electron chi connectivity index (χ1n) is 15.7. The molecule has 0 bridgehead atoms. The van der Waals surface area contributed by atoms with Crippen LogP contribution < -0.4 is 4.72 Å². The summed E-state index contributed by atoms with van der Waals surface area (Å²) in [5.74, 6) is 2.92. The Balaban J connectivity index is 1.30. The van der Waals surface area contributed by atoms with Gasteiger partial charge in [-0.1, -0.05) is 61.7 Å². The largest absolute Gasteiger partial charge is 0.588 e. The van der Waals surface area contributed by atoms with Crippen LogP contribution in [0, 0.1) is 6.92 Å². The Morgan fingerprint density at radius 3 is 2.63 bits per heavy atom. The highest BCUT2D eigenvalue weighted by Crippen LogP contribution is 2.45. The Morgan fingerprint density at radius 1 is 1.14 bits per heavy atom. The summed E-state index contributed by atoms with van der Waals surface area (Å²) in [5.41, 5.74) is 4.65. The molecule has 2 fully saturated rings. The molecule has 0 saturated heterocycles. The summed E-state index contributed by atoms with van der Waals surface area (Å²) in [5, 5.41) is 4.19. The van der Waals surface area contributed by atoms with Gasteiger partial charge in [-0.3, -0.25) is 14.7 Å². The molecule has 43 heavy (non-hydrogen) atoms. The van der Waals surface area contributed by atoms with E-state index in [4.69, 9.17) is 9.52 Å². The van der Waals surface area contributed by atoms with Crippen LogP contribution in [-0.2, 0) is 29.2 Å². The van der Waals surface area contributed by atoms with E-state index in [0.29, 0.717) is 29.7 Å². The molecule has 1 amide bonds. The van der Waals surface area contributed by atoms with Gasteiger partial charge in [0.1, 0.15) is 28.5 Å². The Kier molecular flexibility index (Phi) is 8.67. The van der Waals surface area contributed by atoms with E-state index in [1.165, 1.54) is 0 Å². The van der Waals surface area contributed by atoms with E-state index < -0.39 is 16.9 Å². The van der Waals surface area contributed by atoms with Crippen molar-refractivity contribution in [2.45, 2.75) is 101 Å². The number of amides is 1. The quantitative estimate of drug-likeness (QED) is 0.225. The van der Waals surface area contributed by atoms with E-state index in [1.54, 1.807) is 0 Å². The lowest BCUT2D eigenvalue weighted by molar-refractivity contribution is -0.131. The van der Waals surface area contributed by atoms with Gasteiger partial charge >= 0.3 is 0 Å². The number of hydrogen-bond acceptors (Lipinski definition) is 7. The zero-order valence-electron chi connectivity index (χ0n) is 25.8. The van der Waals surface area contributed by atoms with Crippen molar-refractivity contribution in [1.29, 1.82) is 0 Å². The molecule has 6 rings (SSSR count). The number of nitrogens with one attached hydrogen (secondary N) is 1. The van der Waals surface area contributed by atoms with E-state index in [0.717, 1.165) is 97.2 Å². The van der Waals surface area contributed by atoms with Gasteiger partial charge in [-0.05, 0) is 87.9 Å². The molecule has 1 N–H and O–H groups in total. The number of carbonyl (C=O) groups is 1. The van der Waals surface area contributed by atoms with E-state index >= 15 is 0 Å². The predicted octanol–water partition coefficient (Wildman–Crippen LogP) is 6.97. The van der Waals surface area contributed by atoms with Gasteiger partial charge in [-0.15, -0.1) is 0 Å². The highest BCUT2D eigenvalue weighted by molar-refractivity contribution is 7.92. The van der Waals surface area contributed by atoms with Gasteiger partial charge in [0.25, 0.3) is 5.91 Å². The number of aromatic nitrogens is 1. The third-order valence-corrected chi connectivity index (χ3v) is 10.1. The van der Waals surface area contributed by atoms with Crippen molar-refractivity contribution < 1.29 is 13.9 Å². The number of amidine groups is 1. The van der Waals surface area contributed by atoms with Crippen molar-refractivity contribution in [3.63, 3.8) is 0 Å². The number of carbonyl (C=O) groups excluding carboxylic acids is 1. The zero-order valence-corrected chi connectivity index (χ0v) is 26.6. The SMILES string of the molecule is CCCCC1=NC2(CCCC2)C(=O)N1Cc1ccc(-c2ccccc2[S+]([O-])Nc2noc(C)c2C2CC2)c(CN(C)C)c1. The van der Waals surface area contributed by atoms with Crippen molar-refractivity contribution in [3.05, 3.63) is 64.9 Å². The minimum atomic E-state index is -1.53. The van der Waals surface area contributed by atoms with E-state index in [1.807, 2.05) is 36.1 Å². The normalized spacial score (nSPS) is 18.6. The molecule has 9 heteroatoms. The molecule has 1 unspecified atom stereocenters. The van der Waals surface area contributed by atoms with Crippen LogP contribution in [0.25, 0.3) is 11.1 Å². The number of aliphatic imine (C=N–C) groups is 1. The van der Waals surface area contributed by atoms with Gasteiger partial charge in [0, 0.05) is 24.1 Å². The van der Waals surface area contributed by atoms with E-state index in [-0.39, 0.29) is 5.91 Å². The Bertz CT molecular complexity index is 1510. The maximum Gasteiger partial charge on any atom is 0.256 e. The monoisotopic (exact) mass is 601 g/mol. The Morgan fingerprint density at radius 2 is 1.91 bits per heavy atom. The van der Waals surface area contributed by atoms with Crippen LogP contribution in [-0.4, -0.2) is 50.9 Å². The third kappa shape index (κ3) is 6.12. The second-order valence-corrected chi connectivity index (χ2v) is 13.8. The molecular weight excluding hydrogens is 558 g/mol. The molecule has 2 saturated carbocycles. The number of nitrogens with zero attached hydrogens (tertiary/aromatic N) is 4. The van der Waals surface area contributed by atoms with Crippen LogP contribution in [0.5, 0.6) is 0 Å². The van der Waals surface area contributed by atoms with Crippen molar-refractivity contribution >= 4 is 28.9 Å². The second-order valence-electron chi connectivity index (χ2n) is 12.6. The van der Waals surface area contributed by atoms with Crippen molar-refractivity contribution in [3.8, 4) is 11.1 Å².